The lowest BCUT2D eigenvalue weighted by molar-refractivity contribution is -0.141. The van der Waals surface area contributed by atoms with Crippen molar-refractivity contribution in [2.24, 2.45) is 5.73 Å². The third-order valence-electron chi connectivity index (χ3n) is 5.27. The van der Waals surface area contributed by atoms with Gasteiger partial charge in [-0.1, -0.05) is 17.3 Å². The highest BCUT2D eigenvalue weighted by molar-refractivity contribution is 5.87. The summed E-state index contributed by atoms with van der Waals surface area (Å²) in [5.41, 5.74) is 6.40. The fourth-order valence-electron chi connectivity index (χ4n) is 3.51. The lowest BCUT2D eigenvalue weighted by Crippen LogP contribution is -2.60. The van der Waals surface area contributed by atoms with E-state index in [0.29, 0.717) is 49.4 Å². The molecule has 2 aliphatic rings. The molecule has 1 aromatic carbocycles. The van der Waals surface area contributed by atoms with Crippen LogP contribution in [-0.4, -0.2) is 28.0 Å². The van der Waals surface area contributed by atoms with Crippen LogP contribution in [0.4, 0.5) is 13.2 Å². The van der Waals surface area contributed by atoms with Gasteiger partial charge < -0.3 is 15.2 Å². The summed E-state index contributed by atoms with van der Waals surface area (Å²) in [5.74, 6) is 0.595. The Bertz CT molecular complexity index is 838. The van der Waals surface area contributed by atoms with Crippen LogP contribution < -0.4 is 5.73 Å². The van der Waals surface area contributed by atoms with E-state index < -0.39 is 17.3 Å². The number of fused-ring (bicyclic) bond motifs is 1. The number of aromatic nitrogens is 1. The molecule has 2 N–H and O–H groups in total. The summed E-state index contributed by atoms with van der Waals surface area (Å²) in [6.45, 7) is 0.819. The first kappa shape index (κ1) is 17.1. The van der Waals surface area contributed by atoms with Gasteiger partial charge in [-0.15, -0.1) is 0 Å². The fraction of sp³-hybridized carbons (Fsp3) is 0.444. The second-order valence-corrected chi connectivity index (χ2v) is 6.99. The Morgan fingerprint density at radius 2 is 1.92 bits per heavy atom. The number of alkyl halides is 3. The van der Waals surface area contributed by atoms with Gasteiger partial charge >= 0.3 is 6.18 Å². The highest BCUT2D eigenvalue weighted by Gasteiger charge is 2.44. The van der Waals surface area contributed by atoms with Gasteiger partial charge in [0.2, 0.25) is 5.91 Å². The van der Waals surface area contributed by atoms with E-state index in [-0.39, 0.29) is 5.91 Å². The monoisotopic (exact) mass is 365 g/mol. The molecule has 1 aliphatic carbocycles. The minimum absolute atomic E-state index is 0.0750. The van der Waals surface area contributed by atoms with Crippen molar-refractivity contribution >= 4 is 5.91 Å². The van der Waals surface area contributed by atoms with Crippen molar-refractivity contribution in [1.82, 2.24) is 10.1 Å². The van der Waals surface area contributed by atoms with Crippen molar-refractivity contribution in [3.8, 4) is 11.3 Å². The molecule has 1 aromatic heterocycles. The molecule has 5 nitrogen and oxygen atoms in total. The lowest BCUT2D eigenvalue weighted by atomic mass is 9.76. The molecular weight excluding hydrogens is 347 g/mol. The van der Waals surface area contributed by atoms with Gasteiger partial charge in [-0.2, -0.15) is 13.2 Å². The highest BCUT2D eigenvalue weighted by atomic mass is 19.4. The highest BCUT2D eigenvalue weighted by Crippen LogP contribution is 2.36. The molecule has 8 heteroatoms. The van der Waals surface area contributed by atoms with Gasteiger partial charge in [0, 0.05) is 24.1 Å². The summed E-state index contributed by atoms with van der Waals surface area (Å²) < 4.78 is 43.6. The van der Waals surface area contributed by atoms with Crippen molar-refractivity contribution in [2.45, 2.75) is 43.9 Å². The quantitative estimate of drug-likeness (QED) is 0.888. The van der Waals surface area contributed by atoms with Crippen LogP contribution in [-0.2, 0) is 23.9 Å². The van der Waals surface area contributed by atoms with Gasteiger partial charge in [0.05, 0.1) is 17.6 Å². The minimum Gasteiger partial charge on any atom is -0.360 e. The van der Waals surface area contributed by atoms with Crippen molar-refractivity contribution in [1.29, 1.82) is 0 Å². The number of nitrogens with two attached hydrogens (primary N) is 1. The van der Waals surface area contributed by atoms with Crippen LogP contribution in [0, 0.1) is 0 Å². The summed E-state index contributed by atoms with van der Waals surface area (Å²) in [6.07, 6.45) is -1.55. The molecule has 4 rings (SSSR count). The smallest absolute Gasteiger partial charge is 0.360 e. The molecule has 0 saturated heterocycles. The van der Waals surface area contributed by atoms with Crippen LogP contribution in [0.3, 0.4) is 0 Å². The average Bonchev–Trinajstić information content (AvgIpc) is 3.01. The van der Waals surface area contributed by atoms with Gasteiger partial charge in [0.25, 0.3) is 0 Å². The fourth-order valence-corrected chi connectivity index (χ4v) is 3.51. The number of hydrogen-bond acceptors (Lipinski definition) is 4. The predicted octanol–water partition coefficient (Wildman–Crippen LogP) is 3.13. The Kier molecular flexibility index (Phi) is 3.83. The van der Waals surface area contributed by atoms with Crippen molar-refractivity contribution in [3.63, 3.8) is 0 Å². The largest absolute Gasteiger partial charge is 0.416 e. The Hall–Kier alpha value is -2.35. The molecule has 2 heterocycles. The van der Waals surface area contributed by atoms with E-state index in [9.17, 15) is 18.0 Å². The van der Waals surface area contributed by atoms with Crippen LogP contribution in [0.15, 0.2) is 28.8 Å². The van der Waals surface area contributed by atoms with Crippen LogP contribution in [0.5, 0.6) is 0 Å². The van der Waals surface area contributed by atoms with Crippen molar-refractivity contribution in [2.75, 3.05) is 6.54 Å². The first-order valence-electron chi connectivity index (χ1n) is 8.51. The summed E-state index contributed by atoms with van der Waals surface area (Å²) >= 11 is 0. The molecule has 1 fully saturated rings. The Morgan fingerprint density at radius 3 is 2.50 bits per heavy atom. The molecule has 0 bridgehead atoms. The molecule has 0 spiro atoms. The van der Waals surface area contributed by atoms with Gasteiger partial charge in [0.15, 0.2) is 0 Å². The zero-order chi connectivity index (χ0) is 18.5. The van der Waals surface area contributed by atoms with Crippen LogP contribution >= 0.6 is 0 Å². The predicted molar refractivity (Wildman–Crippen MR) is 86.8 cm³/mol. The number of benzene rings is 1. The number of nitrogens with zero attached hydrogens (tertiary/aromatic N) is 2. The maximum Gasteiger partial charge on any atom is 0.416 e. The number of rotatable bonds is 2. The van der Waals surface area contributed by atoms with E-state index >= 15 is 0 Å². The van der Waals surface area contributed by atoms with Gasteiger partial charge in [-0.05, 0) is 31.4 Å². The second-order valence-electron chi connectivity index (χ2n) is 6.99. The number of carbonyl (C=O) groups excluding carboxylic acids is 1. The third kappa shape index (κ3) is 2.78. The van der Waals surface area contributed by atoms with E-state index in [0.717, 1.165) is 24.1 Å². The van der Waals surface area contributed by atoms with Crippen LogP contribution in [0.1, 0.15) is 36.1 Å². The van der Waals surface area contributed by atoms with Crippen molar-refractivity contribution < 1.29 is 22.5 Å². The second kappa shape index (κ2) is 5.84. The molecule has 0 atom stereocenters. The standard InChI is InChI=1S/C18H18F3N3O2/c19-18(20,21)12-4-2-11(3-5-12)15-13-10-24(9-6-14(13)26-23-15)16(25)17(22)7-1-8-17/h2-5H,1,6-10,22H2. The molecule has 2 aromatic rings. The summed E-state index contributed by atoms with van der Waals surface area (Å²) in [4.78, 5) is 14.4. The molecule has 1 amide bonds. The molecule has 1 saturated carbocycles. The normalized spacial score (nSPS) is 19.0. The molecule has 138 valence electrons. The zero-order valence-electron chi connectivity index (χ0n) is 14.0. The van der Waals surface area contributed by atoms with Crippen molar-refractivity contribution in [3.05, 3.63) is 41.2 Å². The topological polar surface area (TPSA) is 72.4 Å². The first-order valence-corrected chi connectivity index (χ1v) is 8.51. The first-order chi connectivity index (χ1) is 12.3. The van der Waals surface area contributed by atoms with Crippen LogP contribution in [0.25, 0.3) is 11.3 Å². The molecule has 0 radical (unpaired) electrons. The summed E-state index contributed by atoms with van der Waals surface area (Å²) in [7, 11) is 0. The average molecular weight is 365 g/mol. The molecule has 1 aliphatic heterocycles. The van der Waals surface area contributed by atoms with Gasteiger partial charge in [0.1, 0.15) is 11.5 Å². The van der Waals surface area contributed by atoms with E-state index in [1.807, 2.05) is 0 Å². The van der Waals surface area contributed by atoms with E-state index in [2.05, 4.69) is 5.16 Å². The molecular formula is C18H18F3N3O2. The summed E-state index contributed by atoms with van der Waals surface area (Å²) in [5, 5.41) is 4.02. The Labute approximate surface area is 147 Å². The number of hydrogen-bond donors (Lipinski definition) is 1. The number of halogens is 3. The maximum absolute atomic E-state index is 12.7. The van der Waals surface area contributed by atoms with Gasteiger partial charge in [-0.3, -0.25) is 4.79 Å². The lowest BCUT2D eigenvalue weighted by Gasteiger charge is -2.41. The maximum atomic E-state index is 12.7. The van der Waals surface area contributed by atoms with Gasteiger partial charge in [-0.25, -0.2) is 0 Å². The third-order valence-corrected chi connectivity index (χ3v) is 5.27. The Balaban J connectivity index is 1.60. The zero-order valence-corrected chi connectivity index (χ0v) is 14.0. The number of amides is 1. The van der Waals surface area contributed by atoms with E-state index in [1.165, 1.54) is 12.1 Å². The minimum atomic E-state index is -4.39. The van der Waals surface area contributed by atoms with E-state index in [1.54, 1.807) is 4.90 Å². The molecule has 26 heavy (non-hydrogen) atoms. The van der Waals surface area contributed by atoms with E-state index in [4.69, 9.17) is 10.3 Å². The SMILES string of the molecule is NC1(C(=O)N2CCc3onc(-c4ccc(C(F)(F)F)cc4)c3C2)CCC1. The number of carbonyl (C=O) groups is 1. The summed E-state index contributed by atoms with van der Waals surface area (Å²) in [6, 6.07) is 4.78. The Morgan fingerprint density at radius 1 is 1.23 bits per heavy atom. The molecule has 0 unspecified atom stereocenters. The van der Waals surface area contributed by atoms with Crippen LogP contribution in [0.2, 0.25) is 0 Å².